The highest BCUT2D eigenvalue weighted by molar-refractivity contribution is 5.93. The molecule has 2 aliphatic rings. The van der Waals surface area contributed by atoms with Gasteiger partial charge in [0.15, 0.2) is 5.78 Å². The van der Waals surface area contributed by atoms with Crippen molar-refractivity contribution in [2.75, 3.05) is 13.1 Å². The molecule has 3 heterocycles. The summed E-state index contributed by atoms with van der Waals surface area (Å²) in [6.07, 6.45) is 5.37. The number of fused-ring (bicyclic) bond motifs is 1. The van der Waals surface area contributed by atoms with Gasteiger partial charge in [-0.05, 0) is 32.7 Å². The molecule has 6 nitrogen and oxygen atoms in total. The highest BCUT2D eigenvalue weighted by Gasteiger charge is 2.38. The maximum Gasteiger partial charge on any atom is 0.328 e. The number of carbonyl (C=O) groups excluding carboxylic acids is 1. The summed E-state index contributed by atoms with van der Waals surface area (Å²) in [6, 6.07) is 0.149. The molecule has 6 heteroatoms. The smallest absolute Gasteiger partial charge is 0.313 e. The molecule has 2 aliphatic heterocycles. The highest BCUT2D eigenvalue weighted by atomic mass is 16.2. The first-order valence-corrected chi connectivity index (χ1v) is 7.19. The number of piperidine rings is 1. The fraction of sp³-hybridized carbons (Fsp3) is 0.643. The summed E-state index contributed by atoms with van der Waals surface area (Å²) in [5.41, 5.74) is -0.782. The Kier molecular flexibility index (Phi) is 3.33. The minimum Gasteiger partial charge on any atom is -0.313 e. The van der Waals surface area contributed by atoms with Gasteiger partial charge in [-0.25, -0.2) is 4.79 Å². The summed E-state index contributed by atoms with van der Waals surface area (Å²) in [6.45, 7) is 3.31. The van der Waals surface area contributed by atoms with Crippen LogP contribution in [0.4, 0.5) is 0 Å². The van der Waals surface area contributed by atoms with E-state index in [0.717, 1.165) is 32.4 Å². The van der Waals surface area contributed by atoms with Crippen LogP contribution in [0, 0.1) is 0 Å². The first kappa shape index (κ1) is 13.3. The van der Waals surface area contributed by atoms with E-state index in [1.54, 1.807) is 0 Å². The second-order valence-corrected chi connectivity index (χ2v) is 5.69. The molecule has 2 atom stereocenters. The number of aromatic amines is 1. The minimum absolute atomic E-state index is 0.0684. The van der Waals surface area contributed by atoms with Crippen LogP contribution in [0.3, 0.4) is 0 Å². The molecule has 0 bridgehead atoms. The summed E-state index contributed by atoms with van der Waals surface area (Å²) in [7, 11) is 0. The Morgan fingerprint density at radius 2 is 2.00 bits per heavy atom. The quantitative estimate of drug-likeness (QED) is 0.801. The van der Waals surface area contributed by atoms with Gasteiger partial charge in [0, 0.05) is 18.8 Å². The van der Waals surface area contributed by atoms with Crippen LogP contribution in [0.2, 0.25) is 0 Å². The van der Waals surface area contributed by atoms with Gasteiger partial charge in [-0.15, -0.1) is 0 Å². The summed E-state index contributed by atoms with van der Waals surface area (Å²) in [4.78, 5) is 40.8. The van der Waals surface area contributed by atoms with Gasteiger partial charge in [0.25, 0.3) is 5.56 Å². The van der Waals surface area contributed by atoms with Crippen LogP contribution in [-0.4, -0.2) is 39.4 Å². The summed E-state index contributed by atoms with van der Waals surface area (Å²) in [5, 5.41) is 0. The number of carbonyl (C=O) groups is 1. The van der Waals surface area contributed by atoms with Gasteiger partial charge in [-0.2, -0.15) is 0 Å². The molecule has 2 fully saturated rings. The summed E-state index contributed by atoms with van der Waals surface area (Å²) in [5.74, 6) is -0.307. The van der Waals surface area contributed by atoms with E-state index in [-0.39, 0.29) is 23.4 Å². The molecule has 2 saturated heterocycles. The van der Waals surface area contributed by atoms with E-state index in [4.69, 9.17) is 0 Å². The van der Waals surface area contributed by atoms with Gasteiger partial charge in [-0.3, -0.25) is 19.1 Å². The number of hydrogen-bond donors (Lipinski definition) is 1. The average Bonchev–Trinajstić information content (AvgIpc) is 2.82. The van der Waals surface area contributed by atoms with Gasteiger partial charge in [-0.1, -0.05) is 6.42 Å². The van der Waals surface area contributed by atoms with Gasteiger partial charge in [0.1, 0.15) is 0 Å². The summed E-state index contributed by atoms with van der Waals surface area (Å²) < 4.78 is 1.27. The monoisotopic (exact) mass is 277 g/mol. The first-order chi connectivity index (χ1) is 9.59. The summed E-state index contributed by atoms with van der Waals surface area (Å²) >= 11 is 0. The van der Waals surface area contributed by atoms with Crippen LogP contribution in [0.5, 0.6) is 0 Å². The lowest BCUT2D eigenvalue weighted by atomic mass is 9.99. The van der Waals surface area contributed by atoms with E-state index in [2.05, 4.69) is 9.88 Å². The Bertz CT molecular complexity index is 646. The number of hydrogen-bond acceptors (Lipinski definition) is 4. The molecule has 0 aromatic carbocycles. The molecule has 20 heavy (non-hydrogen) atoms. The van der Waals surface area contributed by atoms with E-state index >= 15 is 0 Å². The maximum absolute atomic E-state index is 12.4. The van der Waals surface area contributed by atoms with E-state index in [1.165, 1.54) is 24.1 Å². The number of ketones is 1. The van der Waals surface area contributed by atoms with Crippen LogP contribution in [-0.2, 0) is 0 Å². The number of nitrogens with zero attached hydrogens (tertiary/aromatic N) is 2. The predicted molar refractivity (Wildman–Crippen MR) is 74.2 cm³/mol. The van der Waals surface area contributed by atoms with Crippen molar-refractivity contribution in [2.24, 2.45) is 0 Å². The SMILES string of the molecule is CC(=O)c1c[nH]c(=O)n(C2CCN3CCCCC23)c1=O. The molecule has 0 saturated carbocycles. The van der Waals surface area contributed by atoms with Gasteiger partial charge >= 0.3 is 5.69 Å². The average molecular weight is 277 g/mol. The number of aromatic nitrogens is 2. The van der Waals surface area contributed by atoms with Crippen molar-refractivity contribution in [1.82, 2.24) is 14.5 Å². The first-order valence-electron chi connectivity index (χ1n) is 7.19. The number of H-pyrrole nitrogens is 1. The molecule has 3 rings (SSSR count). The Morgan fingerprint density at radius 1 is 1.20 bits per heavy atom. The third-order valence-electron chi connectivity index (χ3n) is 4.54. The Labute approximate surface area is 116 Å². The lowest BCUT2D eigenvalue weighted by Gasteiger charge is -2.32. The molecule has 0 spiro atoms. The molecule has 2 unspecified atom stereocenters. The van der Waals surface area contributed by atoms with Crippen molar-refractivity contribution >= 4 is 5.78 Å². The predicted octanol–water partition coefficient (Wildman–Crippen LogP) is 0.538. The van der Waals surface area contributed by atoms with Gasteiger partial charge in [0.2, 0.25) is 0 Å². The normalized spacial score (nSPS) is 26.4. The zero-order chi connectivity index (χ0) is 14.3. The standard InChI is InChI=1S/C14H19N3O3/c1-9(18)10-8-15-14(20)17(13(10)19)12-5-7-16-6-3-2-4-11(12)16/h8,11-12H,2-7H2,1H3,(H,15,20). The molecule has 0 radical (unpaired) electrons. The molecule has 1 aromatic rings. The molecule has 0 amide bonds. The van der Waals surface area contributed by atoms with Crippen LogP contribution >= 0.6 is 0 Å². The minimum atomic E-state index is -0.446. The Balaban J connectivity index is 2.06. The Hall–Kier alpha value is -1.69. The van der Waals surface area contributed by atoms with E-state index in [9.17, 15) is 14.4 Å². The number of nitrogens with one attached hydrogen (secondary N) is 1. The molecule has 0 aliphatic carbocycles. The maximum atomic E-state index is 12.4. The van der Waals surface area contributed by atoms with Crippen LogP contribution in [0.15, 0.2) is 15.8 Å². The molecule has 1 aromatic heterocycles. The van der Waals surface area contributed by atoms with Crippen LogP contribution < -0.4 is 11.2 Å². The lowest BCUT2D eigenvalue weighted by molar-refractivity contribution is 0.101. The highest BCUT2D eigenvalue weighted by Crippen LogP contribution is 2.33. The second-order valence-electron chi connectivity index (χ2n) is 5.69. The molecule has 108 valence electrons. The van der Waals surface area contributed by atoms with Crippen molar-refractivity contribution in [3.05, 3.63) is 32.6 Å². The van der Waals surface area contributed by atoms with Crippen molar-refractivity contribution in [2.45, 2.75) is 44.7 Å². The number of rotatable bonds is 2. The van der Waals surface area contributed by atoms with Crippen molar-refractivity contribution in [1.29, 1.82) is 0 Å². The van der Waals surface area contributed by atoms with E-state index < -0.39 is 11.2 Å². The third kappa shape index (κ3) is 2.04. The van der Waals surface area contributed by atoms with Gasteiger partial charge in [0.05, 0.1) is 11.6 Å². The lowest BCUT2D eigenvalue weighted by Crippen LogP contribution is -2.46. The number of Topliss-reactive ketones (excluding diaryl/α,β-unsaturated/α-hetero) is 1. The molecular weight excluding hydrogens is 258 g/mol. The zero-order valence-corrected chi connectivity index (χ0v) is 11.6. The largest absolute Gasteiger partial charge is 0.328 e. The molecule has 1 N–H and O–H groups in total. The fourth-order valence-electron chi connectivity index (χ4n) is 3.56. The second kappa shape index (κ2) is 5.01. The third-order valence-corrected chi connectivity index (χ3v) is 4.54. The van der Waals surface area contributed by atoms with Crippen LogP contribution in [0.25, 0.3) is 0 Å². The topological polar surface area (TPSA) is 75.2 Å². The van der Waals surface area contributed by atoms with Crippen molar-refractivity contribution < 1.29 is 4.79 Å². The molecular formula is C14H19N3O3. The van der Waals surface area contributed by atoms with E-state index in [1.807, 2.05) is 0 Å². The van der Waals surface area contributed by atoms with Gasteiger partial charge < -0.3 is 4.98 Å². The van der Waals surface area contributed by atoms with E-state index in [0.29, 0.717) is 0 Å². The van der Waals surface area contributed by atoms with Crippen LogP contribution in [0.1, 0.15) is 49.0 Å². The van der Waals surface area contributed by atoms with Crippen molar-refractivity contribution in [3.8, 4) is 0 Å². The fourth-order valence-corrected chi connectivity index (χ4v) is 3.56. The Morgan fingerprint density at radius 3 is 2.75 bits per heavy atom. The zero-order valence-electron chi connectivity index (χ0n) is 11.6. The van der Waals surface area contributed by atoms with Crippen molar-refractivity contribution in [3.63, 3.8) is 0 Å².